The minimum Gasteiger partial charge on any atom is -0.455 e. The van der Waals surface area contributed by atoms with E-state index in [1.54, 1.807) is 24.3 Å². The number of carbonyl (C=O) groups is 1. The van der Waals surface area contributed by atoms with E-state index < -0.39 is 10.0 Å². The molecule has 0 N–H and O–H groups in total. The highest BCUT2D eigenvalue weighted by Crippen LogP contribution is 2.25. The van der Waals surface area contributed by atoms with Crippen LogP contribution < -0.4 is 0 Å². The molecule has 0 saturated carbocycles. The topological polar surface area (TPSA) is 103 Å². The molecule has 3 aromatic rings. The van der Waals surface area contributed by atoms with Crippen molar-refractivity contribution in [3.05, 3.63) is 52.5 Å². The molecule has 1 aromatic carbocycles. The lowest BCUT2D eigenvalue weighted by molar-refractivity contribution is -0.152. The number of nitrogens with zero attached hydrogens (tertiary/aromatic N) is 3. The van der Waals surface area contributed by atoms with Gasteiger partial charge in [0, 0.05) is 24.0 Å². The van der Waals surface area contributed by atoms with Crippen molar-refractivity contribution in [2.24, 2.45) is 5.92 Å². The van der Waals surface area contributed by atoms with Crippen LogP contribution in [0.25, 0.3) is 11.4 Å². The Bertz CT molecular complexity index is 1100. The zero-order valence-corrected chi connectivity index (χ0v) is 18.0. The summed E-state index contributed by atoms with van der Waals surface area (Å²) in [4.78, 5) is 16.9. The van der Waals surface area contributed by atoms with Crippen LogP contribution in [0, 0.1) is 12.8 Å². The standard InChI is InChI=1S/C20H21N3O5S2/c1-14-2-4-17(5-3-14)30(25,26)23-9-6-15(7-10-23)20(24)27-12-18-21-19(22-28-18)16-8-11-29-13-16/h2-5,8,11,13,15H,6-7,9-10,12H2,1H3. The molecule has 0 bridgehead atoms. The SMILES string of the molecule is Cc1ccc(S(=O)(=O)N2CCC(C(=O)OCc3nc(-c4ccsc4)no3)CC2)cc1. The van der Waals surface area contributed by atoms with Gasteiger partial charge in [-0.3, -0.25) is 4.79 Å². The first-order valence-electron chi connectivity index (χ1n) is 9.52. The summed E-state index contributed by atoms with van der Waals surface area (Å²) >= 11 is 1.53. The van der Waals surface area contributed by atoms with Crippen LogP contribution >= 0.6 is 11.3 Å². The molecule has 1 saturated heterocycles. The molecule has 10 heteroatoms. The number of aryl methyl sites for hydroxylation is 1. The Labute approximate surface area is 178 Å². The largest absolute Gasteiger partial charge is 0.455 e. The average Bonchev–Trinajstić information content (AvgIpc) is 3.44. The minimum absolute atomic E-state index is 0.0994. The van der Waals surface area contributed by atoms with Gasteiger partial charge in [-0.25, -0.2) is 8.42 Å². The molecule has 0 unspecified atom stereocenters. The van der Waals surface area contributed by atoms with Crippen molar-refractivity contribution in [2.75, 3.05) is 13.1 Å². The number of rotatable bonds is 6. The average molecular weight is 448 g/mol. The third-order valence-corrected chi connectivity index (χ3v) is 7.63. The van der Waals surface area contributed by atoms with E-state index in [-0.39, 0.29) is 42.4 Å². The number of piperidine rings is 1. The maximum absolute atomic E-state index is 12.8. The lowest BCUT2D eigenvalue weighted by atomic mass is 9.98. The van der Waals surface area contributed by atoms with Crippen LogP contribution in [-0.2, 0) is 26.2 Å². The van der Waals surface area contributed by atoms with Gasteiger partial charge in [0.15, 0.2) is 6.61 Å². The number of hydrogen-bond acceptors (Lipinski definition) is 8. The number of sulfonamides is 1. The van der Waals surface area contributed by atoms with E-state index in [2.05, 4.69) is 10.1 Å². The molecule has 0 atom stereocenters. The molecule has 0 spiro atoms. The maximum atomic E-state index is 12.8. The number of aromatic nitrogens is 2. The third kappa shape index (κ3) is 4.45. The molecule has 0 radical (unpaired) electrons. The Hall–Kier alpha value is -2.56. The van der Waals surface area contributed by atoms with Gasteiger partial charge in [-0.1, -0.05) is 22.9 Å². The van der Waals surface area contributed by atoms with Gasteiger partial charge in [0.2, 0.25) is 15.8 Å². The van der Waals surface area contributed by atoms with Gasteiger partial charge < -0.3 is 9.26 Å². The Balaban J connectivity index is 1.29. The summed E-state index contributed by atoms with van der Waals surface area (Å²) in [6.07, 6.45) is 0.821. The summed E-state index contributed by atoms with van der Waals surface area (Å²) in [5.74, 6) is -0.0488. The first-order valence-corrected chi connectivity index (χ1v) is 11.9. The highest BCUT2D eigenvalue weighted by atomic mass is 32.2. The Kier molecular flexibility index (Phi) is 5.98. The van der Waals surface area contributed by atoms with Crippen molar-refractivity contribution < 1.29 is 22.5 Å². The van der Waals surface area contributed by atoms with Crippen molar-refractivity contribution >= 4 is 27.3 Å². The fourth-order valence-corrected chi connectivity index (χ4v) is 5.37. The molecule has 0 aliphatic carbocycles. The molecule has 1 fully saturated rings. The van der Waals surface area contributed by atoms with E-state index >= 15 is 0 Å². The van der Waals surface area contributed by atoms with Crippen LogP contribution in [0.3, 0.4) is 0 Å². The predicted octanol–water partition coefficient (Wildman–Crippen LogP) is 3.25. The summed E-state index contributed by atoms with van der Waals surface area (Å²) in [5.41, 5.74) is 1.85. The number of benzene rings is 1. The Morgan fingerprint density at radius 1 is 1.23 bits per heavy atom. The second-order valence-electron chi connectivity index (χ2n) is 7.12. The van der Waals surface area contributed by atoms with E-state index in [0.717, 1.165) is 11.1 Å². The molecule has 1 aliphatic rings. The first-order chi connectivity index (χ1) is 14.4. The maximum Gasteiger partial charge on any atom is 0.309 e. The lowest BCUT2D eigenvalue weighted by Crippen LogP contribution is -2.40. The van der Waals surface area contributed by atoms with Gasteiger partial charge in [-0.15, -0.1) is 0 Å². The van der Waals surface area contributed by atoms with Crippen molar-refractivity contribution in [1.82, 2.24) is 14.4 Å². The van der Waals surface area contributed by atoms with E-state index in [0.29, 0.717) is 18.7 Å². The van der Waals surface area contributed by atoms with Gasteiger partial charge in [-0.2, -0.15) is 20.6 Å². The number of thiophene rings is 1. The monoisotopic (exact) mass is 447 g/mol. The summed E-state index contributed by atoms with van der Waals surface area (Å²) < 4.78 is 37.4. The summed E-state index contributed by atoms with van der Waals surface area (Å²) in [6.45, 7) is 2.36. The quantitative estimate of drug-likeness (QED) is 0.534. The minimum atomic E-state index is -3.55. The predicted molar refractivity (Wildman–Crippen MR) is 110 cm³/mol. The van der Waals surface area contributed by atoms with E-state index in [9.17, 15) is 13.2 Å². The number of carbonyl (C=O) groups excluding carboxylic acids is 1. The highest BCUT2D eigenvalue weighted by Gasteiger charge is 2.33. The summed E-state index contributed by atoms with van der Waals surface area (Å²) in [6, 6.07) is 8.65. The summed E-state index contributed by atoms with van der Waals surface area (Å²) in [7, 11) is -3.55. The molecule has 3 heterocycles. The van der Waals surface area contributed by atoms with Crippen LogP contribution in [0.4, 0.5) is 0 Å². The smallest absolute Gasteiger partial charge is 0.309 e. The van der Waals surface area contributed by atoms with E-state index in [4.69, 9.17) is 9.26 Å². The molecular formula is C20H21N3O5S2. The molecule has 30 heavy (non-hydrogen) atoms. The van der Waals surface area contributed by atoms with Crippen LogP contribution in [0.15, 0.2) is 50.5 Å². The summed E-state index contributed by atoms with van der Waals surface area (Å²) in [5, 5.41) is 7.69. The molecule has 2 aromatic heterocycles. The van der Waals surface area contributed by atoms with Crippen molar-refractivity contribution in [1.29, 1.82) is 0 Å². The lowest BCUT2D eigenvalue weighted by Gasteiger charge is -2.30. The second-order valence-corrected chi connectivity index (χ2v) is 9.84. The zero-order valence-electron chi connectivity index (χ0n) is 16.4. The van der Waals surface area contributed by atoms with Gasteiger partial charge in [0.25, 0.3) is 5.89 Å². The fraction of sp³-hybridized carbons (Fsp3) is 0.350. The number of ether oxygens (including phenoxy) is 1. The van der Waals surface area contributed by atoms with Crippen molar-refractivity contribution in [2.45, 2.75) is 31.3 Å². The molecule has 4 rings (SSSR count). The van der Waals surface area contributed by atoms with E-state index in [1.165, 1.54) is 15.6 Å². The van der Waals surface area contributed by atoms with Gasteiger partial charge in [0.1, 0.15) is 0 Å². The Morgan fingerprint density at radius 3 is 2.63 bits per heavy atom. The van der Waals surface area contributed by atoms with Crippen LogP contribution in [-0.4, -0.2) is 41.9 Å². The third-order valence-electron chi connectivity index (χ3n) is 5.03. The highest BCUT2D eigenvalue weighted by molar-refractivity contribution is 7.89. The van der Waals surface area contributed by atoms with Crippen LogP contribution in [0.1, 0.15) is 24.3 Å². The molecular weight excluding hydrogens is 426 g/mol. The number of esters is 1. The van der Waals surface area contributed by atoms with Crippen molar-refractivity contribution in [3.8, 4) is 11.4 Å². The van der Waals surface area contributed by atoms with Crippen molar-refractivity contribution in [3.63, 3.8) is 0 Å². The zero-order chi connectivity index (χ0) is 21.1. The van der Waals surface area contributed by atoms with Gasteiger partial charge >= 0.3 is 5.97 Å². The van der Waals surface area contributed by atoms with Crippen LogP contribution in [0.5, 0.6) is 0 Å². The first kappa shape index (κ1) is 20.7. The normalized spacial score (nSPS) is 15.9. The molecule has 1 aliphatic heterocycles. The van der Waals surface area contributed by atoms with E-state index in [1.807, 2.05) is 23.8 Å². The molecule has 8 nitrogen and oxygen atoms in total. The van der Waals surface area contributed by atoms with Gasteiger partial charge in [-0.05, 0) is 43.3 Å². The number of hydrogen-bond donors (Lipinski definition) is 0. The molecule has 158 valence electrons. The molecule has 0 amide bonds. The fourth-order valence-electron chi connectivity index (χ4n) is 3.26. The van der Waals surface area contributed by atoms with Gasteiger partial charge in [0.05, 0.1) is 10.8 Å². The Morgan fingerprint density at radius 2 is 1.97 bits per heavy atom. The van der Waals surface area contributed by atoms with Crippen LogP contribution in [0.2, 0.25) is 0 Å². The second kappa shape index (κ2) is 8.66.